The number of nitrogens with one attached hydrogen (secondary N) is 1. The van der Waals surface area contributed by atoms with Crippen molar-refractivity contribution in [1.82, 2.24) is 0 Å². The lowest BCUT2D eigenvalue weighted by molar-refractivity contribution is 0.601. The third-order valence-corrected chi connectivity index (χ3v) is 5.14. The molecular formula is C17H21NO2S. The molecule has 0 saturated heterocycles. The van der Waals surface area contributed by atoms with Crippen molar-refractivity contribution in [3.05, 3.63) is 59.7 Å². The molecule has 0 fully saturated rings. The fraction of sp³-hybridized carbons (Fsp3) is 0.294. The topological polar surface area (TPSA) is 46.2 Å². The minimum Gasteiger partial charge on any atom is -0.279 e. The van der Waals surface area contributed by atoms with Gasteiger partial charge in [0.15, 0.2) is 0 Å². The predicted molar refractivity (Wildman–Crippen MR) is 87.1 cm³/mol. The van der Waals surface area contributed by atoms with Crippen molar-refractivity contribution >= 4 is 15.7 Å². The van der Waals surface area contributed by atoms with Crippen LogP contribution in [0.3, 0.4) is 0 Å². The number of rotatable bonds is 5. The monoisotopic (exact) mass is 303 g/mol. The van der Waals surface area contributed by atoms with Crippen molar-refractivity contribution in [2.45, 2.75) is 38.0 Å². The molecule has 3 nitrogen and oxygen atoms in total. The van der Waals surface area contributed by atoms with E-state index >= 15 is 0 Å². The summed E-state index contributed by atoms with van der Waals surface area (Å²) in [6.07, 6.45) is 1.04. The van der Waals surface area contributed by atoms with E-state index in [1.54, 1.807) is 18.2 Å². The van der Waals surface area contributed by atoms with Crippen molar-refractivity contribution in [2.75, 3.05) is 4.72 Å². The minimum absolute atomic E-state index is 0.290. The van der Waals surface area contributed by atoms with E-state index in [9.17, 15) is 8.42 Å². The standard InChI is InChI=1S/C17H21NO2S/c1-4-13(2)15-9-11-16(12-10-15)21(19,20)18-17-8-6-5-7-14(17)3/h5-13,18H,4H2,1-3H3. The van der Waals surface area contributed by atoms with Crippen LogP contribution in [0, 0.1) is 6.92 Å². The fourth-order valence-electron chi connectivity index (χ4n) is 2.10. The molecule has 0 aliphatic heterocycles. The summed E-state index contributed by atoms with van der Waals surface area (Å²) in [5, 5.41) is 0. The Bertz CT molecular complexity index is 706. The number of hydrogen-bond acceptors (Lipinski definition) is 2. The second-order valence-corrected chi connectivity index (χ2v) is 6.98. The average Bonchev–Trinajstić information content (AvgIpc) is 2.49. The Hall–Kier alpha value is -1.81. The highest BCUT2D eigenvalue weighted by Crippen LogP contribution is 2.23. The van der Waals surface area contributed by atoms with Crippen LogP contribution in [0.25, 0.3) is 0 Å². The molecule has 0 aliphatic rings. The van der Waals surface area contributed by atoms with Gasteiger partial charge in [0.2, 0.25) is 0 Å². The zero-order valence-electron chi connectivity index (χ0n) is 12.6. The van der Waals surface area contributed by atoms with E-state index in [0.29, 0.717) is 11.6 Å². The molecule has 0 radical (unpaired) electrons. The van der Waals surface area contributed by atoms with Gasteiger partial charge in [0.1, 0.15) is 0 Å². The van der Waals surface area contributed by atoms with Crippen molar-refractivity contribution < 1.29 is 8.42 Å². The van der Waals surface area contributed by atoms with Crippen molar-refractivity contribution in [3.63, 3.8) is 0 Å². The van der Waals surface area contributed by atoms with Crippen molar-refractivity contribution in [1.29, 1.82) is 0 Å². The van der Waals surface area contributed by atoms with Gasteiger partial charge in [0.25, 0.3) is 10.0 Å². The molecule has 0 bridgehead atoms. The molecule has 0 saturated carbocycles. The Balaban J connectivity index is 2.26. The lowest BCUT2D eigenvalue weighted by Crippen LogP contribution is -2.13. The zero-order chi connectivity index (χ0) is 15.5. The second-order valence-electron chi connectivity index (χ2n) is 5.30. The number of para-hydroxylation sites is 1. The molecule has 2 aromatic rings. The van der Waals surface area contributed by atoms with Gasteiger partial charge in [-0.3, -0.25) is 4.72 Å². The summed E-state index contributed by atoms with van der Waals surface area (Å²) >= 11 is 0. The molecule has 1 N–H and O–H groups in total. The highest BCUT2D eigenvalue weighted by molar-refractivity contribution is 7.92. The highest BCUT2D eigenvalue weighted by Gasteiger charge is 2.15. The second kappa shape index (κ2) is 6.31. The molecule has 1 atom stereocenters. The molecule has 0 aliphatic carbocycles. The molecule has 21 heavy (non-hydrogen) atoms. The summed E-state index contributed by atoms with van der Waals surface area (Å²) in [6, 6.07) is 14.5. The number of benzene rings is 2. The summed E-state index contributed by atoms with van der Waals surface area (Å²) in [5.41, 5.74) is 2.67. The highest BCUT2D eigenvalue weighted by atomic mass is 32.2. The quantitative estimate of drug-likeness (QED) is 0.894. The first-order valence-electron chi connectivity index (χ1n) is 7.12. The molecule has 2 rings (SSSR count). The van der Waals surface area contributed by atoms with Crippen LogP contribution in [0.5, 0.6) is 0 Å². The first-order chi connectivity index (χ1) is 9.94. The van der Waals surface area contributed by atoms with Crippen LogP contribution in [-0.2, 0) is 10.0 Å². The van der Waals surface area contributed by atoms with Gasteiger partial charge in [-0.1, -0.05) is 44.2 Å². The molecule has 2 aromatic carbocycles. The van der Waals surface area contributed by atoms with E-state index in [0.717, 1.165) is 17.5 Å². The zero-order valence-corrected chi connectivity index (χ0v) is 13.4. The van der Waals surface area contributed by atoms with Gasteiger partial charge in [-0.15, -0.1) is 0 Å². The van der Waals surface area contributed by atoms with Crippen LogP contribution >= 0.6 is 0 Å². The van der Waals surface area contributed by atoms with Gasteiger partial charge in [-0.05, 0) is 48.6 Å². The Labute approximate surface area is 127 Å². The van der Waals surface area contributed by atoms with Gasteiger partial charge in [0.05, 0.1) is 10.6 Å². The number of aryl methyl sites for hydroxylation is 1. The lowest BCUT2D eigenvalue weighted by Gasteiger charge is -2.12. The maximum atomic E-state index is 12.4. The van der Waals surface area contributed by atoms with Gasteiger partial charge < -0.3 is 0 Å². The van der Waals surface area contributed by atoms with E-state index in [1.165, 1.54) is 0 Å². The SMILES string of the molecule is CCC(C)c1ccc(S(=O)(=O)Nc2ccccc2C)cc1. The Kier molecular flexibility index (Phi) is 4.68. The van der Waals surface area contributed by atoms with Gasteiger partial charge in [0, 0.05) is 0 Å². The van der Waals surface area contributed by atoms with Crippen molar-refractivity contribution in [3.8, 4) is 0 Å². The molecule has 0 amide bonds. The van der Waals surface area contributed by atoms with Crippen LogP contribution < -0.4 is 4.72 Å². The normalized spacial score (nSPS) is 12.9. The molecule has 0 spiro atoms. The van der Waals surface area contributed by atoms with E-state index in [1.807, 2.05) is 37.3 Å². The lowest BCUT2D eigenvalue weighted by atomic mass is 9.99. The van der Waals surface area contributed by atoms with Gasteiger partial charge in [-0.25, -0.2) is 8.42 Å². The maximum Gasteiger partial charge on any atom is 0.261 e. The minimum atomic E-state index is -3.54. The summed E-state index contributed by atoms with van der Waals surface area (Å²) in [5.74, 6) is 0.436. The van der Waals surface area contributed by atoms with Gasteiger partial charge >= 0.3 is 0 Å². The Morgan fingerprint density at radius 3 is 2.24 bits per heavy atom. The molecular weight excluding hydrogens is 282 g/mol. The predicted octanol–water partition coefficient (Wildman–Crippen LogP) is 4.31. The average molecular weight is 303 g/mol. The summed E-state index contributed by atoms with van der Waals surface area (Å²) in [7, 11) is -3.54. The first-order valence-corrected chi connectivity index (χ1v) is 8.60. The van der Waals surface area contributed by atoms with E-state index < -0.39 is 10.0 Å². The van der Waals surface area contributed by atoms with Crippen LogP contribution in [0.4, 0.5) is 5.69 Å². The first kappa shape index (κ1) is 15.6. The van der Waals surface area contributed by atoms with Crippen molar-refractivity contribution in [2.24, 2.45) is 0 Å². The van der Waals surface area contributed by atoms with Crippen LogP contribution in [0.15, 0.2) is 53.4 Å². The molecule has 0 heterocycles. The Morgan fingerprint density at radius 1 is 1.05 bits per heavy atom. The smallest absolute Gasteiger partial charge is 0.261 e. The summed E-state index contributed by atoms with van der Waals surface area (Å²) in [6.45, 7) is 6.13. The summed E-state index contributed by atoms with van der Waals surface area (Å²) < 4.78 is 27.4. The molecule has 1 unspecified atom stereocenters. The van der Waals surface area contributed by atoms with Crippen LogP contribution in [0.2, 0.25) is 0 Å². The van der Waals surface area contributed by atoms with E-state index in [-0.39, 0.29) is 4.90 Å². The largest absolute Gasteiger partial charge is 0.279 e. The van der Waals surface area contributed by atoms with Gasteiger partial charge in [-0.2, -0.15) is 0 Å². The molecule has 0 aromatic heterocycles. The third kappa shape index (κ3) is 3.64. The summed E-state index contributed by atoms with van der Waals surface area (Å²) in [4.78, 5) is 0.290. The number of hydrogen-bond donors (Lipinski definition) is 1. The van der Waals surface area contributed by atoms with Crippen LogP contribution in [-0.4, -0.2) is 8.42 Å². The number of anilines is 1. The Morgan fingerprint density at radius 2 is 1.67 bits per heavy atom. The third-order valence-electron chi connectivity index (χ3n) is 3.76. The van der Waals surface area contributed by atoms with E-state index in [4.69, 9.17) is 0 Å². The molecule has 112 valence electrons. The number of sulfonamides is 1. The van der Waals surface area contributed by atoms with Crippen LogP contribution in [0.1, 0.15) is 37.3 Å². The maximum absolute atomic E-state index is 12.4. The van der Waals surface area contributed by atoms with E-state index in [2.05, 4.69) is 18.6 Å². The fourth-order valence-corrected chi connectivity index (χ4v) is 3.23. The molecule has 4 heteroatoms.